The molecule has 0 saturated carbocycles. The van der Waals surface area contributed by atoms with Crippen molar-refractivity contribution >= 4 is 11.3 Å². The fourth-order valence-corrected chi connectivity index (χ4v) is 2.37. The summed E-state index contributed by atoms with van der Waals surface area (Å²) in [4.78, 5) is 0. The summed E-state index contributed by atoms with van der Waals surface area (Å²) >= 11 is 1.61. The van der Waals surface area contributed by atoms with Gasteiger partial charge < -0.3 is 10.5 Å². The van der Waals surface area contributed by atoms with Gasteiger partial charge in [-0.15, -0.1) is 21.5 Å². The fraction of sp³-hybridized carbons (Fsp3) is 0.778. The minimum Gasteiger partial charge on any atom is -0.378 e. The Labute approximate surface area is 87.5 Å². The van der Waals surface area contributed by atoms with Gasteiger partial charge in [0, 0.05) is 19.6 Å². The highest BCUT2D eigenvalue weighted by molar-refractivity contribution is 7.11. The van der Waals surface area contributed by atoms with Crippen LogP contribution >= 0.6 is 11.3 Å². The average molecular weight is 213 g/mol. The molecule has 0 spiro atoms. The van der Waals surface area contributed by atoms with E-state index in [0.717, 1.165) is 29.5 Å². The Kier molecular flexibility index (Phi) is 3.44. The first-order valence-electron chi connectivity index (χ1n) is 5.01. The van der Waals surface area contributed by atoms with Gasteiger partial charge >= 0.3 is 0 Å². The summed E-state index contributed by atoms with van der Waals surface area (Å²) in [5.41, 5.74) is 5.46. The van der Waals surface area contributed by atoms with Crippen molar-refractivity contribution in [3.63, 3.8) is 0 Å². The van der Waals surface area contributed by atoms with Crippen molar-refractivity contribution in [1.29, 1.82) is 0 Å². The van der Waals surface area contributed by atoms with Crippen molar-refractivity contribution in [2.45, 2.75) is 38.3 Å². The van der Waals surface area contributed by atoms with E-state index in [0.29, 0.717) is 12.6 Å². The molecule has 1 atom stereocenters. The van der Waals surface area contributed by atoms with E-state index in [9.17, 15) is 0 Å². The number of nitrogens with zero attached hydrogens (tertiary/aromatic N) is 2. The molecule has 1 aromatic heterocycles. The molecule has 5 heteroatoms. The zero-order valence-corrected chi connectivity index (χ0v) is 8.92. The predicted molar refractivity (Wildman–Crippen MR) is 55.1 cm³/mol. The van der Waals surface area contributed by atoms with E-state index < -0.39 is 0 Å². The zero-order valence-electron chi connectivity index (χ0n) is 8.11. The van der Waals surface area contributed by atoms with E-state index in [1.807, 2.05) is 0 Å². The average Bonchev–Trinajstić information content (AvgIpc) is 2.86. The Balaban J connectivity index is 1.79. The van der Waals surface area contributed by atoms with E-state index in [2.05, 4.69) is 10.2 Å². The Morgan fingerprint density at radius 1 is 1.43 bits per heavy atom. The van der Waals surface area contributed by atoms with Crippen molar-refractivity contribution in [1.82, 2.24) is 10.2 Å². The Morgan fingerprint density at radius 2 is 2.29 bits per heavy atom. The third kappa shape index (κ3) is 2.50. The van der Waals surface area contributed by atoms with Crippen LogP contribution in [-0.4, -0.2) is 22.9 Å². The lowest BCUT2D eigenvalue weighted by molar-refractivity contribution is 0.104. The van der Waals surface area contributed by atoms with Crippen LogP contribution in [0.1, 0.15) is 29.3 Å². The number of ether oxygens (including phenoxy) is 1. The minimum absolute atomic E-state index is 0.445. The third-order valence-electron chi connectivity index (χ3n) is 2.39. The maximum absolute atomic E-state index is 5.54. The van der Waals surface area contributed by atoms with Crippen LogP contribution < -0.4 is 5.73 Å². The van der Waals surface area contributed by atoms with Crippen molar-refractivity contribution < 1.29 is 4.74 Å². The highest BCUT2D eigenvalue weighted by atomic mass is 32.1. The van der Waals surface area contributed by atoms with Crippen LogP contribution in [0.5, 0.6) is 0 Å². The third-order valence-corrected chi connectivity index (χ3v) is 3.39. The molecule has 4 nitrogen and oxygen atoms in total. The van der Waals surface area contributed by atoms with Crippen LogP contribution in [0.4, 0.5) is 0 Å². The lowest BCUT2D eigenvalue weighted by Crippen LogP contribution is -2.05. The van der Waals surface area contributed by atoms with Gasteiger partial charge in [0.15, 0.2) is 0 Å². The standard InChI is InChI=1S/C9H15N3OS/c10-6-9-12-11-8(14-9)4-3-7-2-1-5-13-7/h7H,1-6,10H2. The van der Waals surface area contributed by atoms with Gasteiger partial charge in [0.2, 0.25) is 0 Å². The number of nitrogens with two attached hydrogens (primary N) is 1. The molecule has 1 fully saturated rings. The summed E-state index contributed by atoms with van der Waals surface area (Å²) in [6.07, 6.45) is 4.89. The first-order valence-corrected chi connectivity index (χ1v) is 5.83. The molecule has 2 rings (SSSR count). The molecule has 2 heterocycles. The second kappa shape index (κ2) is 4.82. The molecule has 0 aromatic carbocycles. The van der Waals surface area contributed by atoms with Gasteiger partial charge in [-0.1, -0.05) is 0 Å². The SMILES string of the molecule is NCc1nnc(CCC2CCCO2)s1. The largest absolute Gasteiger partial charge is 0.378 e. The number of hydrogen-bond acceptors (Lipinski definition) is 5. The molecular weight excluding hydrogens is 198 g/mol. The first kappa shape index (κ1) is 10.0. The van der Waals surface area contributed by atoms with Crippen molar-refractivity contribution in [3.8, 4) is 0 Å². The molecule has 0 amide bonds. The summed E-state index contributed by atoms with van der Waals surface area (Å²) in [6.45, 7) is 1.42. The van der Waals surface area contributed by atoms with Crippen LogP contribution in [-0.2, 0) is 17.7 Å². The molecule has 0 aliphatic carbocycles. The summed E-state index contributed by atoms with van der Waals surface area (Å²) in [5, 5.41) is 10.1. The highest BCUT2D eigenvalue weighted by Crippen LogP contribution is 2.19. The van der Waals surface area contributed by atoms with E-state index in [1.165, 1.54) is 12.8 Å². The monoisotopic (exact) mass is 213 g/mol. The quantitative estimate of drug-likeness (QED) is 0.814. The number of hydrogen-bond donors (Lipinski definition) is 1. The van der Waals surface area contributed by atoms with E-state index >= 15 is 0 Å². The fourth-order valence-electron chi connectivity index (χ4n) is 1.63. The zero-order chi connectivity index (χ0) is 9.80. The number of rotatable bonds is 4. The molecule has 1 aliphatic heterocycles. The molecule has 0 bridgehead atoms. The van der Waals surface area contributed by atoms with Crippen LogP contribution in [0.25, 0.3) is 0 Å². The number of aromatic nitrogens is 2. The van der Waals surface area contributed by atoms with Crippen LogP contribution in [0.3, 0.4) is 0 Å². The molecule has 14 heavy (non-hydrogen) atoms. The van der Waals surface area contributed by atoms with Gasteiger partial charge in [-0.2, -0.15) is 0 Å². The second-order valence-electron chi connectivity index (χ2n) is 3.47. The van der Waals surface area contributed by atoms with Gasteiger partial charge in [-0.05, 0) is 19.3 Å². The Morgan fingerprint density at radius 3 is 2.93 bits per heavy atom. The van der Waals surface area contributed by atoms with E-state index in [-0.39, 0.29) is 0 Å². The van der Waals surface area contributed by atoms with Crippen molar-refractivity contribution in [2.75, 3.05) is 6.61 Å². The summed E-state index contributed by atoms with van der Waals surface area (Å²) in [6, 6.07) is 0. The normalized spacial score (nSPS) is 21.6. The topological polar surface area (TPSA) is 61.0 Å². The Hall–Kier alpha value is -0.520. The molecule has 1 saturated heterocycles. The van der Waals surface area contributed by atoms with Gasteiger partial charge in [0.1, 0.15) is 10.0 Å². The van der Waals surface area contributed by atoms with Crippen LogP contribution in [0, 0.1) is 0 Å². The Bertz CT molecular complexity index is 283. The maximum atomic E-state index is 5.54. The van der Waals surface area contributed by atoms with Crippen molar-refractivity contribution in [2.24, 2.45) is 5.73 Å². The predicted octanol–water partition coefficient (Wildman–Crippen LogP) is 1.11. The summed E-state index contributed by atoms with van der Waals surface area (Å²) in [7, 11) is 0. The van der Waals surface area contributed by atoms with Gasteiger partial charge in [-0.25, -0.2) is 0 Å². The lowest BCUT2D eigenvalue weighted by Gasteiger charge is -2.05. The molecular formula is C9H15N3OS. The van der Waals surface area contributed by atoms with Crippen molar-refractivity contribution in [3.05, 3.63) is 10.0 Å². The molecule has 78 valence electrons. The van der Waals surface area contributed by atoms with Gasteiger partial charge in [-0.3, -0.25) is 0 Å². The van der Waals surface area contributed by atoms with E-state index in [4.69, 9.17) is 10.5 Å². The summed E-state index contributed by atoms with van der Waals surface area (Å²) in [5.74, 6) is 0. The van der Waals surface area contributed by atoms with E-state index in [1.54, 1.807) is 11.3 Å². The molecule has 1 unspecified atom stereocenters. The van der Waals surface area contributed by atoms with Gasteiger partial charge in [0.05, 0.1) is 6.10 Å². The summed E-state index contributed by atoms with van der Waals surface area (Å²) < 4.78 is 5.54. The maximum Gasteiger partial charge on any atom is 0.131 e. The second-order valence-corrected chi connectivity index (χ2v) is 4.61. The molecule has 1 aliphatic rings. The molecule has 1 aromatic rings. The minimum atomic E-state index is 0.445. The molecule has 0 radical (unpaired) electrons. The lowest BCUT2D eigenvalue weighted by atomic mass is 10.1. The van der Waals surface area contributed by atoms with Crippen LogP contribution in [0.15, 0.2) is 0 Å². The number of aryl methyl sites for hydroxylation is 1. The molecule has 2 N–H and O–H groups in total. The first-order chi connectivity index (χ1) is 6.88. The van der Waals surface area contributed by atoms with Crippen LogP contribution in [0.2, 0.25) is 0 Å². The smallest absolute Gasteiger partial charge is 0.131 e. The van der Waals surface area contributed by atoms with Gasteiger partial charge in [0.25, 0.3) is 0 Å². The highest BCUT2D eigenvalue weighted by Gasteiger charge is 2.15.